The SMILES string of the molecule is COc1ccc(Cl)cc1-[n+]1noc(N)n1. The molecule has 0 spiro atoms. The zero-order valence-corrected chi connectivity index (χ0v) is 8.60. The lowest BCUT2D eigenvalue weighted by atomic mass is 10.3. The Kier molecular flexibility index (Phi) is 2.42. The number of nitrogens with zero attached hydrogens (tertiary/aromatic N) is 3. The minimum atomic E-state index is -0.0305. The fraction of sp³-hybridized carbons (Fsp3) is 0.125. The predicted molar refractivity (Wildman–Crippen MR) is 51.8 cm³/mol. The van der Waals surface area contributed by atoms with Crippen LogP contribution in [-0.2, 0) is 0 Å². The van der Waals surface area contributed by atoms with Gasteiger partial charge in [-0.2, -0.15) is 0 Å². The van der Waals surface area contributed by atoms with Gasteiger partial charge in [-0.05, 0) is 12.1 Å². The Hall–Kier alpha value is -1.82. The Morgan fingerprint density at radius 2 is 2.33 bits per heavy atom. The number of methoxy groups -OCH3 is 1. The van der Waals surface area contributed by atoms with Crippen molar-refractivity contribution in [1.29, 1.82) is 0 Å². The van der Waals surface area contributed by atoms with E-state index in [0.717, 1.165) is 0 Å². The molecule has 0 aliphatic rings. The number of rotatable bonds is 2. The highest BCUT2D eigenvalue weighted by atomic mass is 35.5. The van der Waals surface area contributed by atoms with E-state index in [2.05, 4.69) is 14.9 Å². The second-order valence-corrected chi connectivity index (χ2v) is 3.15. The van der Waals surface area contributed by atoms with Gasteiger partial charge >= 0.3 is 11.7 Å². The fourth-order valence-corrected chi connectivity index (χ4v) is 1.29. The highest BCUT2D eigenvalue weighted by Crippen LogP contribution is 2.21. The first kappa shape index (κ1) is 9.72. The average molecular weight is 228 g/mol. The van der Waals surface area contributed by atoms with Crippen molar-refractivity contribution in [1.82, 2.24) is 10.4 Å². The smallest absolute Gasteiger partial charge is 0.387 e. The van der Waals surface area contributed by atoms with Crippen molar-refractivity contribution >= 4 is 17.6 Å². The summed E-state index contributed by atoms with van der Waals surface area (Å²) in [6, 6.07) is 5.03. The molecule has 15 heavy (non-hydrogen) atoms. The molecule has 1 aromatic heterocycles. The van der Waals surface area contributed by atoms with Gasteiger partial charge in [0.15, 0.2) is 5.75 Å². The largest absolute Gasteiger partial charge is 0.490 e. The van der Waals surface area contributed by atoms with Crippen molar-refractivity contribution in [3.8, 4) is 11.4 Å². The minimum absolute atomic E-state index is 0.0305. The number of nitrogen functional groups attached to an aromatic ring is 1. The van der Waals surface area contributed by atoms with Crippen LogP contribution in [0.3, 0.4) is 0 Å². The molecule has 2 rings (SSSR count). The van der Waals surface area contributed by atoms with Gasteiger partial charge in [0, 0.05) is 11.1 Å². The highest BCUT2D eigenvalue weighted by Gasteiger charge is 2.21. The van der Waals surface area contributed by atoms with Crippen LogP contribution in [-0.4, -0.2) is 17.5 Å². The molecule has 0 unspecified atom stereocenters. The van der Waals surface area contributed by atoms with Crippen molar-refractivity contribution in [2.75, 3.05) is 12.8 Å². The minimum Gasteiger partial charge on any atom is -0.490 e. The number of nitrogens with two attached hydrogens (primary N) is 1. The van der Waals surface area contributed by atoms with Gasteiger partial charge in [-0.1, -0.05) is 11.6 Å². The summed E-state index contributed by atoms with van der Waals surface area (Å²) in [4.78, 5) is 1.21. The lowest BCUT2D eigenvalue weighted by Crippen LogP contribution is -2.36. The van der Waals surface area contributed by atoms with Gasteiger partial charge in [0.1, 0.15) is 4.80 Å². The van der Waals surface area contributed by atoms with E-state index in [1.807, 2.05) is 0 Å². The second kappa shape index (κ2) is 3.74. The topological polar surface area (TPSA) is 78.0 Å². The first-order valence-electron chi connectivity index (χ1n) is 4.06. The number of anilines is 1. The van der Waals surface area contributed by atoms with Crippen LogP contribution in [0.2, 0.25) is 5.02 Å². The average Bonchev–Trinajstić information content (AvgIpc) is 2.65. The quantitative estimate of drug-likeness (QED) is 0.760. The maximum absolute atomic E-state index is 5.84. The number of hydrogen-bond acceptors (Lipinski definition) is 5. The van der Waals surface area contributed by atoms with Crippen LogP contribution in [0.15, 0.2) is 22.7 Å². The Bertz CT molecular complexity index is 485. The van der Waals surface area contributed by atoms with Gasteiger partial charge in [0.05, 0.1) is 12.2 Å². The number of aromatic nitrogens is 3. The lowest BCUT2D eigenvalue weighted by molar-refractivity contribution is -0.725. The number of benzene rings is 1. The maximum Gasteiger partial charge on any atom is 0.387 e. The summed E-state index contributed by atoms with van der Waals surface area (Å²) in [7, 11) is 1.54. The van der Waals surface area contributed by atoms with Crippen LogP contribution in [0, 0.1) is 0 Å². The number of hydrogen-bond donors (Lipinski definition) is 1. The molecule has 6 nitrogen and oxygen atoms in total. The maximum atomic E-state index is 5.84. The molecular formula is C8H8ClN4O2+. The summed E-state index contributed by atoms with van der Waals surface area (Å²) in [6.07, 6.45) is 0. The Labute approximate surface area is 90.2 Å². The summed E-state index contributed by atoms with van der Waals surface area (Å²) in [5, 5.41) is 7.95. The van der Waals surface area contributed by atoms with Gasteiger partial charge in [-0.25, -0.2) is 0 Å². The molecule has 0 bridgehead atoms. The summed E-state index contributed by atoms with van der Waals surface area (Å²) >= 11 is 5.84. The van der Waals surface area contributed by atoms with Crippen LogP contribution < -0.4 is 15.3 Å². The van der Waals surface area contributed by atoms with Crippen LogP contribution in [0.25, 0.3) is 5.69 Å². The van der Waals surface area contributed by atoms with Gasteiger partial charge < -0.3 is 10.5 Å². The standard InChI is InChI=1S/C8H8ClN4O2/c1-14-7-3-2-5(9)4-6(7)13-11-8(10)15-12-13/h2-4H,1H3,(H2,10,11,12)/q+1. The van der Waals surface area contributed by atoms with Gasteiger partial charge in [0.25, 0.3) is 0 Å². The van der Waals surface area contributed by atoms with Crippen molar-refractivity contribution in [2.45, 2.75) is 0 Å². The second-order valence-electron chi connectivity index (χ2n) is 2.72. The van der Waals surface area contributed by atoms with E-state index in [9.17, 15) is 0 Å². The number of ether oxygens (including phenoxy) is 1. The van der Waals surface area contributed by atoms with E-state index >= 15 is 0 Å². The molecule has 2 aromatic rings. The predicted octanol–water partition coefficient (Wildman–Crippen LogP) is 0.590. The van der Waals surface area contributed by atoms with Crippen LogP contribution in [0.5, 0.6) is 5.75 Å². The molecule has 0 atom stereocenters. The van der Waals surface area contributed by atoms with Gasteiger partial charge in [-0.3, -0.25) is 4.52 Å². The number of halogens is 1. The fourth-order valence-electron chi connectivity index (χ4n) is 1.13. The first-order chi connectivity index (χ1) is 7.20. The molecule has 78 valence electrons. The summed E-state index contributed by atoms with van der Waals surface area (Å²) in [6.45, 7) is 0. The Balaban J connectivity index is 2.55. The van der Waals surface area contributed by atoms with E-state index in [1.165, 1.54) is 11.9 Å². The molecule has 0 radical (unpaired) electrons. The Morgan fingerprint density at radius 1 is 1.53 bits per heavy atom. The molecule has 0 aliphatic carbocycles. The Morgan fingerprint density at radius 3 is 2.93 bits per heavy atom. The molecule has 0 fully saturated rings. The van der Waals surface area contributed by atoms with E-state index in [4.69, 9.17) is 22.1 Å². The molecule has 0 amide bonds. The van der Waals surface area contributed by atoms with Crippen molar-refractivity contribution in [2.24, 2.45) is 0 Å². The highest BCUT2D eigenvalue weighted by molar-refractivity contribution is 6.30. The van der Waals surface area contributed by atoms with Crippen molar-refractivity contribution in [3.63, 3.8) is 0 Å². The molecule has 0 aliphatic heterocycles. The lowest BCUT2D eigenvalue weighted by Gasteiger charge is -1.98. The molecule has 1 heterocycles. The monoisotopic (exact) mass is 227 g/mol. The molecule has 2 N–H and O–H groups in total. The third-order valence-electron chi connectivity index (χ3n) is 1.76. The normalized spacial score (nSPS) is 10.3. The van der Waals surface area contributed by atoms with Crippen molar-refractivity contribution < 1.29 is 14.1 Å². The summed E-state index contributed by atoms with van der Waals surface area (Å²) in [5.74, 6) is 0.574. The van der Waals surface area contributed by atoms with Gasteiger partial charge in [0.2, 0.25) is 5.27 Å². The molecular weight excluding hydrogens is 220 g/mol. The summed E-state index contributed by atoms with van der Waals surface area (Å²) in [5.41, 5.74) is 5.87. The van der Waals surface area contributed by atoms with Gasteiger partial charge in [-0.15, -0.1) is 0 Å². The van der Waals surface area contributed by atoms with E-state index < -0.39 is 0 Å². The third kappa shape index (κ3) is 1.84. The first-order valence-corrected chi connectivity index (χ1v) is 4.44. The van der Waals surface area contributed by atoms with E-state index in [1.54, 1.807) is 18.2 Å². The third-order valence-corrected chi connectivity index (χ3v) is 2.00. The van der Waals surface area contributed by atoms with E-state index in [0.29, 0.717) is 16.5 Å². The van der Waals surface area contributed by atoms with Crippen LogP contribution in [0.4, 0.5) is 6.01 Å². The molecule has 0 saturated heterocycles. The zero-order chi connectivity index (χ0) is 10.8. The summed E-state index contributed by atoms with van der Waals surface area (Å²) < 4.78 is 9.76. The molecule has 7 heteroatoms. The van der Waals surface area contributed by atoms with E-state index in [-0.39, 0.29) is 6.01 Å². The van der Waals surface area contributed by atoms with Crippen LogP contribution >= 0.6 is 11.6 Å². The molecule has 1 aromatic carbocycles. The molecule has 0 saturated carbocycles. The zero-order valence-electron chi connectivity index (χ0n) is 7.85. The van der Waals surface area contributed by atoms with Crippen LogP contribution in [0.1, 0.15) is 0 Å². The van der Waals surface area contributed by atoms with Crippen molar-refractivity contribution in [3.05, 3.63) is 23.2 Å².